The zero-order valence-corrected chi connectivity index (χ0v) is 11.0. The molecule has 0 saturated carbocycles. The fourth-order valence-electron chi connectivity index (χ4n) is 2.31. The van der Waals surface area contributed by atoms with Crippen molar-refractivity contribution in [3.63, 3.8) is 0 Å². The lowest BCUT2D eigenvalue weighted by atomic mass is 9.95. The number of hydrogen-bond acceptors (Lipinski definition) is 1. The predicted molar refractivity (Wildman–Crippen MR) is 82.0 cm³/mol. The highest BCUT2D eigenvalue weighted by molar-refractivity contribution is 5.77. The first-order valence-corrected chi connectivity index (χ1v) is 6.53. The first-order valence-electron chi connectivity index (χ1n) is 6.53. The molecule has 0 atom stereocenters. The van der Waals surface area contributed by atoms with Crippen LogP contribution in [-0.2, 0) is 0 Å². The van der Waals surface area contributed by atoms with Crippen LogP contribution in [0.1, 0.15) is 5.56 Å². The lowest BCUT2D eigenvalue weighted by Gasteiger charge is -2.08. The Kier molecular flexibility index (Phi) is 3.31. The molecule has 0 aromatic heterocycles. The van der Waals surface area contributed by atoms with Gasteiger partial charge in [-0.25, -0.2) is 0 Å². The first-order chi connectivity index (χ1) is 9.88. The molecule has 0 aliphatic rings. The van der Waals surface area contributed by atoms with E-state index in [1.807, 2.05) is 60.7 Å². The average molecular weight is 255 g/mol. The summed E-state index contributed by atoms with van der Waals surface area (Å²) >= 11 is 0. The number of benzene rings is 3. The highest BCUT2D eigenvalue weighted by Crippen LogP contribution is 2.29. The maximum absolute atomic E-state index is 9.29. The molecule has 0 radical (unpaired) electrons. The Labute approximate surface area is 118 Å². The average Bonchev–Trinajstić information content (AvgIpc) is 2.56. The molecule has 94 valence electrons. The van der Waals surface area contributed by atoms with Crippen LogP contribution in [0.2, 0.25) is 0 Å². The summed E-state index contributed by atoms with van der Waals surface area (Å²) in [7, 11) is 0. The van der Waals surface area contributed by atoms with Crippen molar-refractivity contribution < 1.29 is 0 Å². The molecular weight excluding hydrogens is 242 g/mol. The molecular formula is C19H13N. The molecule has 0 fully saturated rings. The van der Waals surface area contributed by atoms with E-state index in [1.54, 1.807) is 0 Å². The van der Waals surface area contributed by atoms with Gasteiger partial charge in [0.2, 0.25) is 0 Å². The van der Waals surface area contributed by atoms with Crippen LogP contribution in [0.4, 0.5) is 0 Å². The van der Waals surface area contributed by atoms with Crippen molar-refractivity contribution in [3.8, 4) is 28.3 Å². The summed E-state index contributed by atoms with van der Waals surface area (Å²) in [6, 6.07) is 28.5. The normalized spacial score (nSPS) is 9.95. The Morgan fingerprint density at radius 1 is 0.600 bits per heavy atom. The molecule has 20 heavy (non-hydrogen) atoms. The Balaban J connectivity index is 2.16. The third-order valence-electron chi connectivity index (χ3n) is 3.33. The second-order valence-electron chi connectivity index (χ2n) is 4.60. The largest absolute Gasteiger partial charge is 0.192 e. The Morgan fingerprint density at radius 3 is 1.80 bits per heavy atom. The minimum absolute atomic E-state index is 0.705. The molecule has 0 N–H and O–H groups in total. The fourth-order valence-corrected chi connectivity index (χ4v) is 2.31. The maximum Gasteiger partial charge on any atom is 0.0998 e. The van der Waals surface area contributed by atoms with Crippen molar-refractivity contribution >= 4 is 0 Å². The summed E-state index contributed by atoms with van der Waals surface area (Å²) in [5.74, 6) is 0. The second-order valence-corrected chi connectivity index (χ2v) is 4.60. The predicted octanol–water partition coefficient (Wildman–Crippen LogP) is 4.89. The minimum Gasteiger partial charge on any atom is -0.192 e. The summed E-state index contributed by atoms with van der Waals surface area (Å²) in [6.45, 7) is 0. The Morgan fingerprint density at radius 2 is 1.20 bits per heavy atom. The highest BCUT2D eigenvalue weighted by Gasteiger charge is 2.06. The van der Waals surface area contributed by atoms with Gasteiger partial charge < -0.3 is 0 Å². The monoisotopic (exact) mass is 255 g/mol. The van der Waals surface area contributed by atoms with Gasteiger partial charge in [-0.1, -0.05) is 66.7 Å². The van der Waals surface area contributed by atoms with Crippen LogP contribution in [-0.4, -0.2) is 0 Å². The summed E-state index contributed by atoms with van der Waals surface area (Å²) in [4.78, 5) is 0. The Hall–Kier alpha value is -2.85. The maximum atomic E-state index is 9.29. The van der Waals surface area contributed by atoms with Gasteiger partial charge >= 0.3 is 0 Å². The zero-order chi connectivity index (χ0) is 13.8. The zero-order valence-electron chi connectivity index (χ0n) is 11.0. The van der Waals surface area contributed by atoms with Crippen molar-refractivity contribution in [2.45, 2.75) is 0 Å². The molecule has 0 saturated heterocycles. The SMILES string of the molecule is N#Cc1ccc(-c2ccccc2)cc1-c1ccccc1. The van der Waals surface area contributed by atoms with Gasteiger partial charge in [0.15, 0.2) is 0 Å². The molecule has 0 unspecified atom stereocenters. The molecule has 0 aliphatic carbocycles. The van der Waals surface area contributed by atoms with E-state index in [2.05, 4.69) is 24.3 Å². The number of nitriles is 1. The van der Waals surface area contributed by atoms with Gasteiger partial charge in [-0.05, 0) is 28.8 Å². The molecule has 3 aromatic rings. The van der Waals surface area contributed by atoms with E-state index in [9.17, 15) is 5.26 Å². The summed E-state index contributed by atoms with van der Waals surface area (Å²) in [5.41, 5.74) is 5.05. The molecule has 3 aromatic carbocycles. The van der Waals surface area contributed by atoms with E-state index < -0.39 is 0 Å². The third kappa shape index (κ3) is 2.32. The Bertz CT molecular complexity index is 753. The van der Waals surface area contributed by atoms with Crippen LogP contribution in [0.3, 0.4) is 0 Å². The van der Waals surface area contributed by atoms with Crippen molar-refractivity contribution in [2.24, 2.45) is 0 Å². The van der Waals surface area contributed by atoms with Crippen LogP contribution in [0.5, 0.6) is 0 Å². The van der Waals surface area contributed by atoms with E-state index in [0.717, 1.165) is 22.3 Å². The van der Waals surface area contributed by atoms with E-state index >= 15 is 0 Å². The fraction of sp³-hybridized carbons (Fsp3) is 0. The number of nitrogens with zero attached hydrogens (tertiary/aromatic N) is 1. The standard InChI is InChI=1S/C19H13N/c20-14-18-12-11-17(15-7-3-1-4-8-15)13-19(18)16-9-5-2-6-10-16/h1-13H. The van der Waals surface area contributed by atoms with Crippen molar-refractivity contribution in [1.29, 1.82) is 5.26 Å². The van der Waals surface area contributed by atoms with Gasteiger partial charge in [-0.3, -0.25) is 0 Å². The third-order valence-corrected chi connectivity index (χ3v) is 3.33. The van der Waals surface area contributed by atoms with Crippen LogP contribution >= 0.6 is 0 Å². The van der Waals surface area contributed by atoms with Crippen LogP contribution in [0.25, 0.3) is 22.3 Å². The van der Waals surface area contributed by atoms with Gasteiger partial charge in [0, 0.05) is 5.56 Å². The number of hydrogen-bond donors (Lipinski definition) is 0. The molecule has 0 aliphatic heterocycles. The molecule has 0 bridgehead atoms. The van der Waals surface area contributed by atoms with Gasteiger partial charge in [-0.15, -0.1) is 0 Å². The van der Waals surface area contributed by atoms with E-state index in [0.29, 0.717) is 5.56 Å². The highest BCUT2D eigenvalue weighted by atomic mass is 14.2. The van der Waals surface area contributed by atoms with Crippen LogP contribution < -0.4 is 0 Å². The van der Waals surface area contributed by atoms with Gasteiger partial charge in [0.1, 0.15) is 0 Å². The second kappa shape index (κ2) is 5.42. The molecule has 1 nitrogen and oxygen atoms in total. The van der Waals surface area contributed by atoms with Crippen molar-refractivity contribution in [1.82, 2.24) is 0 Å². The molecule has 1 heteroatoms. The van der Waals surface area contributed by atoms with Gasteiger partial charge in [0.25, 0.3) is 0 Å². The molecule has 0 spiro atoms. The van der Waals surface area contributed by atoms with Crippen LogP contribution in [0.15, 0.2) is 78.9 Å². The van der Waals surface area contributed by atoms with Crippen molar-refractivity contribution in [2.75, 3.05) is 0 Å². The smallest absolute Gasteiger partial charge is 0.0998 e. The van der Waals surface area contributed by atoms with Crippen molar-refractivity contribution in [3.05, 3.63) is 84.4 Å². The lowest BCUT2D eigenvalue weighted by molar-refractivity contribution is 1.47. The van der Waals surface area contributed by atoms with E-state index in [1.165, 1.54) is 0 Å². The number of rotatable bonds is 2. The molecule has 0 amide bonds. The summed E-state index contributed by atoms with van der Waals surface area (Å²) in [6.07, 6.45) is 0. The van der Waals surface area contributed by atoms with E-state index in [4.69, 9.17) is 0 Å². The molecule has 0 heterocycles. The lowest BCUT2D eigenvalue weighted by Crippen LogP contribution is -1.86. The minimum atomic E-state index is 0.705. The van der Waals surface area contributed by atoms with Gasteiger partial charge in [0.05, 0.1) is 11.6 Å². The van der Waals surface area contributed by atoms with Gasteiger partial charge in [-0.2, -0.15) is 5.26 Å². The van der Waals surface area contributed by atoms with Crippen LogP contribution in [0, 0.1) is 11.3 Å². The first kappa shape index (κ1) is 12.2. The topological polar surface area (TPSA) is 23.8 Å². The molecule has 3 rings (SSSR count). The van der Waals surface area contributed by atoms with E-state index in [-0.39, 0.29) is 0 Å². The quantitative estimate of drug-likeness (QED) is 0.639. The summed E-state index contributed by atoms with van der Waals surface area (Å²) < 4.78 is 0. The summed E-state index contributed by atoms with van der Waals surface area (Å²) in [5, 5.41) is 9.29.